The van der Waals surface area contributed by atoms with Gasteiger partial charge in [0.25, 0.3) is 0 Å². The molecule has 88 valence electrons. The lowest BCUT2D eigenvalue weighted by atomic mass is 10.2. The number of nitrogen functional groups attached to an aromatic ring is 1. The highest BCUT2D eigenvalue weighted by atomic mass is 35.5. The first kappa shape index (κ1) is 13.2. The van der Waals surface area contributed by atoms with Crippen LogP contribution in [0.25, 0.3) is 0 Å². The first-order chi connectivity index (χ1) is 7.49. The minimum Gasteiger partial charge on any atom is -0.397 e. The highest BCUT2D eigenvalue weighted by Gasteiger charge is 2.07. The molecule has 16 heavy (non-hydrogen) atoms. The Morgan fingerprint density at radius 3 is 2.88 bits per heavy atom. The van der Waals surface area contributed by atoms with Gasteiger partial charge in [0.1, 0.15) is 0 Å². The molecule has 0 atom stereocenters. The van der Waals surface area contributed by atoms with Crippen molar-refractivity contribution >= 4 is 40.6 Å². The summed E-state index contributed by atoms with van der Waals surface area (Å²) in [4.78, 5) is 11.5. The van der Waals surface area contributed by atoms with E-state index in [0.29, 0.717) is 27.4 Å². The molecule has 1 aromatic carbocycles. The molecule has 3 nitrogen and oxygen atoms in total. The second-order valence-corrected chi connectivity index (χ2v) is 5.64. The molecule has 0 fully saturated rings. The smallest absolute Gasteiger partial charge is 0.234 e. The summed E-state index contributed by atoms with van der Waals surface area (Å²) in [5.41, 5.74) is 6.81. The lowest BCUT2D eigenvalue weighted by Gasteiger charge is -2.09. The number of anilines is 2. The average molecular weight is 259 g/mol. The van der Waals surface area contributed by atoms with Crippen LogP contribution in [-0.4, -0.2) is 16.9 Å². The Hall–Kier alpha value is -0.870. The summed E-state index contributed by atoms with van der Waals surface area (Å²) in [7, 11) is 0. The highest BCUT2D eigenvalue weighted by molar-refractivity contribution is 8.00. The monoisotopic (exact) mass is 258 g/mol. The van der Waals surface area contributed by atoms with Gasteiger partial charge in [-0.3, -0.25) is 4.79 Å². The number of benzene rings is 1. The maximum atomic E-state index is 11.5. The summed E-state index contributed by atoms with van der Waals surface area (Å²) in [6.07, 6.45) is 0. The predicted molar refractivity (Wildman–Crippen MR) is 72.1 cm³/mol. The molecule has 0 radical (unpaired) electrons. The van der Waals surface area contributed by atoms with Gasteiger partial charge >= 0.3 is 0 Å². The topological polar surface area (TPSA) is 55.1 Å². The maximum Gasteiger partial charge on any atom is 0.234 e. The van der Waals surface area contributed by atoms with Crippen molar-refractivity contribution in [3.8, 4) is 0 Å². The predicted octanol–water partition coefficient (Wildman–Crippen LogP) is 3.00. The van der Waals surface area contributed by atoms with E-state index in [2.05, 4.69) is 5.32 Å². The van der Waals surface area contributed by atoms with E-state index in [1.807, 2.05) is 13.8 Å². The first-order valence-corrected chi connectivity index (χ1v) is 6.38. The molecule has 0 saturated carbocycles. The molecule has 0 spiro atoms. The van der Waals surface area contributed by atoms with E-state index in [-0.39, 0.29) is 5.91 Å². The van der Waals surface area contributed by atoms with Crippen LogP contribution in [0.4, 0.5) is 11.4 Å². The van der Waals surface area contributed by atoms with Crippen LogP contribution in [0, 0.1) is 0 Å². The number of nitrogens with two attached hydrogens (primary N) is 1. The number of hydrogen-bond acceptors (Lipinski definition) is 3. The Morgan fingerprint density at radius 2 is 2.25 bits per heavy atom. The summed E-state index contributed by atoms with van der Waals surface area (Å²) in [6, 6.07) is 5.01. The summed E-state index contributed by atoms with van der Waals surface area (Å²) in [6.45, 7) is 4.09. The van der Waals surface area contributed by atoms with E-state index in [4.69, 9.17) is 17.3 Å². The fraction of sp³-hybridized carbons (Fsp3) is 0.364. The van der Waals surface area contributed by atoms with Crippen molar-refractivity contribution in [2.75, 3.05) is 16.8 Å². The number of carbonyl (C=O) groups excluding carboxylic acids is 1. The van der Waals surface area contributed by atoms with Crippen molar-refractivity contribution in [2.45, 2.75) is 19.1 Å². The molecule has 0 bridgehead atoms. The van der Waals surface area contributed by atoms with Crippen LogP contribution in [0.5, 0.6) is 0 Å². The number of carbonyl (C=O) groups is 1. The normalized spacial score (nSPS) is 10.5. The molecular weight excluding hydrogens is 244 g/mol. The molecular formula is C11H15ClN2OS. The third-order valence-corrected chi connectivity index (χ3v) is 3.17. The molecule has 0 aliphatic carbocycles. The Bertz CT molecular complexity index is 382. The van der Waals surface area contributed by atoms with E-state index in [9.17, 15) is 4.79 Å². The lowest BCUT2D eigenvalue weighted by Crippen LogP contribution is -2.16. The number of thioether (sulfide) groups is 1. The standard InChI is InChI=1S/C11H15ClN2OS/c1-7(2)16-6-11(15)14-10-5-8(12)3-4-9(10)13/h3-5,7H,6,13H2,1-2H3,(H,14,15). The van der Waals surface area contributed by atoms with Gasteiger partial charge < -0.3 is 11.1 Å². The third kappa shape index (κ3) is 4.33. The van der Waals surface area contributed by atoms with Gasteiger partial charge in [0.05, 0.1) is 17.1 Å². The Labute approximate surface area is 105 Å². The Kier molecular flexibility index (Phi) is 4.96. The van der Waals surface area contributed by atoms with Gasteiger partial charge in [-0.05, 0) is 23.4 Å². The second-order valence-electron chi connectivity index (χ2n) is 3.64. The minimum absolute atomic E-state index is 0.0623. The average Bonchev–Trinajstić information content (AvgIpc) is 2.20. The van der Waals surface area contributed by atoms with Crippen LogP contribution < -0.4 is 11.1 Å². The largest absolute Gasteiger partial charge is 0.397 e. The van der Waals surface area contributed by atoms with Crippen molar-refractivity contribution < 1.29 is 4.79 Å². The van der Waals surface area contributed by atoms with Crippen LogP contribution in [0.3, 0.4) is 0 Å². The van der Waals surface area contributed by atoms with Gasteiger partial charge in [0.2, 0.25) is 5.91 Å². The second kappa shape index (κ2) is 6.01. The minimum atomic E-state index is -0.0623. The lowest BCUT2D eigenvalue weighted by molar-refractivity contribution is -0.113. The van der Waals surface area contributed by atoms with Crippen molar-refractivity contribution in [1.29, 1.82) is 0 Å². The summed E-state index contributed by atoms with van der Waals surface area (Å²) < 4.78 is 0. The molecule has 1 amide bonds. The Balaban J connectivity index is 2.59. The number of nitrogens with one attached hydrogen (secondary N) is 1. The zero-order chi connectivity index (χ0) is 12.1. The van der Waals surface area contributed by atoms with Crippen molar-refractivity contribution in [1.82, 2.24) is 0 Å². The number of amides is 1. The molecule has 0 aliphatic heterocycles. The molecule has 1 aromatic rings. The third-order valence-electron chi connectivity index (χ3n) is 1.84. The van der Waals surface area contributed by atoms with Gasteiger partial charge in [-0.15, -0.1) is 11.8 Å². The van der Waals surface area contributed by atoms with Gasteiger partial charge in [-0.2, -0.15) is 0 Å². The molecule has 5 heteroatoms. The zero-order valence-corrected chi connectivity index (χ0v) is 10.9. The van der Waals surface area contributed by atoms with Gasteiger partial charge in [0.15, 0.2) is 0 Å². The molecule has 0 unspecified atom stereocenters. The number of rotatable bonds is 4. The van der Waals surface area contributed by atoms with E-state index >= 15 is 0 Å². The zero-order valence-electron chi connectivity index (χ0n) is 9.29. The van der Waals surface area contributed by atoms with E-state index in [0.717, 1.165) is 0 Å². The summed E-state index contributed by atoms with van der Waals surface area (Å²) in [5, 5.41) is 3.73. The van der Waals surface area contributed by atoms with Crippen LogP contribution in [0.2, 0.25) is 5.02 Å². The van der Waals surface area contributed by atoms with Gasteiger partial charge in [-0.25, -0.2) is 0 Å². The van der Waals surface area contributed by atoms with Crippen molar-refractivity contribution in [3.05, 3.63) is 23.2 Å². The molecule has 0 heterocycles. The van der Waals surface area contributed by atoms with Crippen LogP contribution >= 0.6 is 23.4 Å². The summed E-state index contributed by atoms with van der Waals surface area (Å²) >= 11 is 7.40. The van der Waals surface area contributed by atoms with Crippen LogP contribution in [0.1, 0.15) is 13.8 Å². The molecule has 0 aliphatic rings. The molecule has 3 N–H and O–H groups in total. The molecule has 0 aromatic heterocycles. The number of hydrogen-bond donors (Lipinski definition) is 2. The first-order valence-electron chi connectivity index (χ1n) is 4.95. The van der Waals surface area contributed by atoms with Gasteiger partial charge in [0, 0.05) is 5.02 Å². The highest BCUT2D eigenvalue weighted by Crippen LogP contribution is 2.23. The van der Waals surface area contributed by atoms with E-state index in [1.54, 1.807) is 30.0 Å². The van der Waals surface area contributed by atoms with Crippen LogP contribution in [-0.2, 0) is 4.79 Å². The SMILES string of the molecule is CC(C)SCC(=O)Nc1cc(Cl)ccc1N. The quantitative estimate of drug-likeness (QED) is 0.817. The van der Waals surface area contributed by atoms with Crippen molar-refractivity contribution in [3.63, 3.8) is 0 Å². The summed E-state index contributed by atoms with van der Waals surface area (Å²) in [5.74, 6) is 0.358. The van der Waals surface area contributed by atoms with Crippen molar-refractivity contribution in [2.24, 2.45) is 0 Å². The molecule has 0 saturated heterocycles. The van der Waals surface area contributed by atoms with E-state index < -0.39 is 0 Å². The van der Waals surface area contributed by atoms with Gasteiger partial charge in [-0.1, -0.05) is 25.4 Å². The van der Waals surface area contributed by atoms with E-state index in [1.165, 1.54) is 0 Å². The van der Waals surface area contributed by atoms with Crippen LogP contribution in [0.15, 0.2) is 18.2 Å². The number of halogens is 1. The fourth-order valence-electron chi connectivity index (χ4n) is 1.07. The molecule has 1 rings (SSSR count). The maximum absolute atomic E-state index is 11.5. The Morgan fingerprint density at radius 1 is 1.56 bits per heavy atom. The fourth-order valence-corrected chi connectivity index (χ4v) is 1.79.